The van der Waals surface area contributed by atoms with Gasteiger partial charge in [-0.05, 0) is 38.4 Å². The molecule has 1 aromatic heterocycles. The summed E-state index contributed by atoms with van der Waals surface area (Å²) >= 11 is 0. The number of nitrogens with one attached hydrogen (secondary N) is 2. The molecule has 2 aliphatic heterocycles. The van der Waals surface area contributed by atoms with Crippen molar-refractivity contribution in [2.24, 2.45) is 0 Å². The van der Waals surface area contributed by atoms with Gasteiger partial charge in [0, 0.05) is 54.7 Å². The molecule has 144 valence electrons. The lowest BCUT2D eigenvalue weighted by molar-refractivity contribution is -0.136. The van der Waals surface area contributed by atoms with E-state index in [2.05, 4.69) is 34.4 Å². The maximum atomic E-state index is 13.2. The van der Waals surface area contributed by atoms with Crippen molar-refractivity contribution in [3.8, 4) is 0 Å². The van der Waals surface area contributed by atoms with Crippen LogP contribution in [0.15, 0.2) is 24.3 Å². The quantitative estimate of drug-likeness (QED) is 0.850. The van der Waals surface area contributed by atoms with Gasteiger partial charge in [0.1, 0.15) is 0 Å². The van der Waals surface area contributed by atoms with Crippen LogP contribution in [0.3, 0.4) is 0 Å². The van der Waals surface area contributed by atoms with Crippen molar-refractivity contribution in [2.45, 2.75) is 38.1 Å². The number of carbonyl (C=O) groups excluding carboxylic acids is 2. The fraction of sp³-hybridized carbons (Fsp3) is 0.524. The number of aryl methyl sites for hydroxylation is 1. The standard InChI is InChI=1S/C21H28N4O2/c1-15-17(16-5-3-4-6-18(16)23-15)13-20(27)25-12-11-24(2)21(14-25)8-7-19(26)22-10-9-21/h3-6,23H,7-14H2,1-2H3,(H,22,26)/t21-/m1/s1. The number of piperazine rings is 1. The van der Waals surface area contributed by atoms with Gasteiger partial charge in [-0.1, -0.05) is 18.2 Å². The minimum atomic E-state index is -0.0949. The molecule has 0 unspecified atom stereocenters. The molecular weight excluding hydrogens is 340 g/mol. The molecular formula is C21H28N4O2. The number of benzene rings is 1. The number of rotatable bonds is 2. The highest BCUT2D eigenvalue weighted by molar-refractivity contribution is 5.90. The van der Waals surface area contributed by atoms with Gasteiger partial charge in [0.15, 0.2) is 0 Å². The summed E-state index contributed by atoms with van der Waals surface area (Å²) < 4.78 is 0. The number of para-hydroxylation sites is 1. The van der Waals surface area contributed by atoms with Gasteiger partial charge < -0.3 is 15.2 Å². The number of amides is 2. The lowest BCUT2D eigenvalue weighted by atomic mass is 9.86. The predicted molar refractivity (Wildman–Crippen MR) is 106 cm³/mol. The molecule has 6 heteroatoms. The number of hydrogen-bond donors (Lipinski definition) is 2. The van der Waals surface area contributed by atoms with E-state index >= 15 is 0 Å². The number of hydrogen-bond acceptors (Lipinski definition) is 3. The minimum Gasteiger partial charge on any atom is -0.358 e. The van der Waals surface area contributed by atoms with Gasteiger partial charge in [-0.2, -0.15) is 0 Å². The molecule has 6 nitrogen and oxygen atoms in total. The number of likely N-dealkylation sites (N-methyl/N-ethyl adjacent to an activating group) is 1. The molecule has 1 spiro atoms. The molecule has 1 atom stereocenters. The van der Waals surface area contributed by atoms with E-state index in [0.29, 0.717) is 25.9 Å². The zero-order valence-corrected chi connectivity index (χ0v) is 16.2. The van der Waals surface area contributed by atoms with E-state index in [4.69, 9.17) is 0 Å². The predicted octanol–water partition coefficient (Wildman–Crippen LogP) is 1.83. The Hall–Kier alpha value is -2.34. The van der Waals surface area contributed by atoms with Crippen LogP contribution in [-0.2, 0) is 16.0 Å². The first-order valence-corrected chi connectivity index (χ1v) is 9.80. The number of nitrogens with zero attached hydrogens (tertiary/aromatic N) is 2. The second-order valence-corrected chi connectivity index (χ2v) is 8.01. The minimum absolute atomic E-state index is 0.0949. The molecule has 2 saturated heterocycles. The van der Waals surface area contributed by atoms with Gasteiger partial charge in [0.05, 0.1) is 6.42 Å². The van der Waals surface area contributed by atoms with E-state index < -0.39 is 0 Å². The van der Waals surface area contributed by atoms with Crippen LogP contribution in [0.5, 0.6) is 0 Å². The van der Waals surface area contributed by atoms with Crippen LogP contribution in [0, 0.1) is 6.92 Å². The first-order chi connectivity index (χ1) is 13.0. The Morgan fingerprint density at radius 3 is 2.89 bits per heavy atom. The lowest BCUT2D eigenvalue weighted by Gasteiger charge is -2.49. The zero-order valence-electron chi connectivity index (χ0n) is 16.2. The van der Waals surface area contributed by atoms with Gasteiger partial charge in [0.2, 0.25) is 11.8 Å². The number of aromatic nitrogens is 1. The highest BCUT2D eigenvalue weighted by atomic mass is 16.2. The summed E-state index contributed by atoms with van der Waals surface area (Å²) in [5.74, 6) is 0.303. The zero-order chi connectivity index (χ0) is 19.0. The number of aromatic amines is 1. The van der Waals surface area contributed by atoms with Gasteiger partial charge in [-0.3, -0.25) is 14.5 Å². The first-order valence-electron chi connectivity index (χ1n) is 9.80. The van der Waals surface area contributed by atoms with Crippen LogP contribution in [0.25, 0.3) is 10.9 Å². The highest BCUT2D eigenvalue weighted by Crippen LogP contribution is 2.31. The molecule has 2 N–H and O–H groups in total. The van der Waals surface area contributed by atoms with Crippen LogP contribution in [-0.4, -0.2) is 65.4 Å². The number of fused-ring (bicyclic) bond motifs is 1. The van der Waals surface area contributed by atoms with Gasteiger partial charge in [-0.15, -0.1) is 0 Å². The summed E-state index contributed by atoms with van der Waals surface area (Å²) in [6.07, 6.45) is 2.66. The molecule has 0 radical (unpaired) electrons. The third-order valence-electron chi connectivity index (χ3n) is 6.44. The van der Waals surface area contributed by atoms with Crippen LogP contribution in [0.1, 0.15) is 30.5 Å². The van der Waals surface area contributed by atoms with E-state index in [0.717, 1.165) is 48.1 Å². The molecule has 0 saturated carbocycles. The monoisotopic (exact) mass is 368 g/mol. The fourth-order valence-corrected chi connectivity index (χ4v) is 4.64. The summed E-state index contributed by atoms with van der Waals surface area (Å²) in [4.78, 5) is 32.7. The molecule has 27 heavy (non-hydrogen) atoms. The van der Waals surface area contributed by atoms with E-state index in [1.54, 1.807) is 0 Å². The van der Waals surface area contributed by atoms with Crippen LogP contribution in [0.2, 0.25) is 0 Å². The Labute approximate surface area is 159 Å². The molecule has 0 aliphatic carbocycles. The summed E-state index contributed by atoms with van der Waals surface area (Å²) in [7, 11) is 2.13. The van der Waals surface area contributed by atoms with Crippen LogP contribution in [0.4, 0.5) is 0 Å². The van der Waals surface area contributed by atoms with Crippen molar-refractivity contribution in [1.82, 2.24) is 20.1 Å². The molecule has 2 amide bonds. The maximum Gasteiger partial charge on any atom is 0.227 e. The Kier molecular flexibility index (Phi) is 4.68. The third kappa shape index (κ3) is 3.34. The largest absolute Gasteiger partial charge is 0.358 e. The first kappa shape index (κ1) is 18.0. The second-order valence-electron chi connectivity index (χ2n) is 8.01. The van der Waals surface area contributed by atoms with Gasteiger partial charge in [0.25, 0.3) is 0 Å². The Morgan fingerprint density at radius 1 is 1.22 bits per heavy atom. The second kappa shape index (κ2) is 7.00. The molecule has 2 fully saturated rings. The summed E-state index contributed by atoms with van der Waals surface area (Å²) in [6.45, 7) is 5.04. The van der Waals surface area contributed by atoms with Gasteiger partial charge in [-0.25, -0.2) is 0 Å². The third-order valence-corrected chi connectivity index (χ3v) is 6.44. The molecule has 0 bridgehead atoms. The van der Waals surface area contributed by atoms with Crippen molar-refractivity contribution in [3.05, 3.63) is 35.5 Å². The van der Waals surface area contributed by atoms with Crippen molar-refractivity contribution in [3.63, 3.8) is 0 Å². The molecule has 4 rings (SSSR count). The van der Waals surface area contributed by atoms with E-state index in [-0.39, 0.29) is 17.4 Å². The van der Waals surface area contributed by atoms with Crippen LogP contribution >= 0.6 is 0 Å². The number of carbonyl (C=O) groups is 2. The van der Waals surface area contributed by atoms with E-state index in [1.165, 1.54) is 0 Å². The van der Waals surface area contributed by atoms with E-state index in [9.17, 15) is 9.59 Å². The Balaban J connectivity index is 1.53. The fourth-order valence-electron chi connectivity index (χ4n) is 4.64. The maximum absolute atomic E-state index is 13.2. The van der Waals surface area contributed by atoms with Crippen molar-refractivity contribution >= 4 is 22.7 Å². The lowest BCUT2D eigenvalue weighted by Crippen LogP contribution is -2.62. The molecule has 2 aliphatic rings. The van der Waals surface area contributed by atoms with Crippen molar-refractivity contribution in [1.29, 1.82) is 0 Å². The van der Waals surface area contributed by atoms with Crippen molar-refractivity contribution < 1.29 is 9.59 Å². The average Bonchev–Trinajstić information content (AvgIpc) is 2.84. The summed E-state index contributed by atoms with van der Waals surface area (Å²) in [5, 5.41) is 4.11. The smallest absolute Gasteiger partial charge is 0.227 e. The molecule has 1 aromatic carbocycles. The van der Waals surface area contributed by atoms with Crippen molar-refractivity contribution in [2.75, 3.05) is 33.2 Å². The normalized spacial score (nSPS) is 24.2. The SMILES string of the molecule is Cc1[nH]c2ccccc2c1CC(=O)N1CCN(C)[C@]2(CCNC(=O)CC2)C1. The molecule has 2 aromatic rings. The van der Waals surface area contributed by atoms with Crippen LogP contribution < -0.4 is 5.32 Å². The Morgan fingerprint density at radius 2 is 2.04 bits per heavy atom. The summed E-state index contributed by atoms with van der Waals surface area (Å²) in [6, 6.07) is 8.16. The summed E-state index contributed by atoms with van der Waals surface area (Å²) in [5.41, 5.74) is 3.16. The number of H-pyrrole nitrogens is 1. The topological polar surface area (TPSA) is 68.4 Å². The van der Waals surface area contributed by atoms with E-state index in [1.807, 2.05) is 24.0 Å². The molecule has 3 heterocycles. The highest BCUT2D eigenvalue weighted by Gasteiger charge is 2.42. The Bertz CT molecular complexity index is 874. The average molecular weight is 368 g/mol. The van der Waals surface area contributed by atoms with Gasteiger partial charge >= 0.3 is 0 Å².